The summed E-state index contributed by atoms with van der Waals surface area (Å²) in [7, 11) is 0. The fourth-order valence-corrected chi connectivity index (χ4v) is 3.06. The minimum Gasteiger partial charge on any atom is -0.468 e. The Hall–Kier alpha value is -3.29. The monoisotopic (exact) mass is 349 g/mol. The van der Waals surface area contributed by atoms with Crippen molar-refractivity contribution in [1.29, 1.82) is 0 Å². The van der Waals surface area contributed by atoms with Crippen LogP contribution in [0.1, 0.15) is 26.1 Å². The SMILES string of the molecule is CC1=NC2=CC(Nc3ncccc3-c3nc(C)nc(N)n3)=CCC2(C)O1. The van der Waals surface area contributed by atoms with Gasteiger partial charge in [-0.1, -0.05) is 6.08 Å². The smallest absolute Gasteiger partial charge is 0.223 e. The summed E-state index contributed by atoms with van der Waals surface area (Å²) in [6.45, 7) is 5.68. The number of fused-ring (bicyclic) bond motifs is 1. The Kier molecular flexibility index (Phi) is 3.68. The van der Waals surface area contributed by atoms with Crippen LogP contribution in [-0.2, 0) is 4.74 Å². The van der Waals surface area contributed by atoms with Gasteiger partial charge in [-0.3, -0.25) is 0 Å². The highest BCUT2D eigenvalue weighted by Crippen LogP contribution is 2.37. The second-order valence-corrected chi connectivity index (χ2v) is 6.45. The number of allylic oxidation sites excluding steroid dienone is 1. The van der Waals surface area contributed by atoms with Gasteiger partial charge in [0.2, 0.25) is 5.95 Å². The van der Waals surface area contributed by atoms with Crippen LogP contribution in [-0.4, -0.2) is 31.4 Å². The number of aromatic nitrogens is 4. The summed E-state index contributed by atoms with van der Waals surface area (Å²) in [5.74, 6) is 2.56. The molecule has 4 rings (SSSR count). The number of aryl methyl sites for hydroxylation is 1. The van der Waals surface area contributed by atoms with Gasteiger partial charge < -0.3 is 15.8 Å². The Morgan fingerprint density at radius 3 is 2.88 bits per heavy atom. The Morgan fingerprint density at radius 1 is 1.23 bits per heavy atom. The first-order chi connectivity index (χ1) is 12.4. The van der Waals surface area contributed by atoms with Crippen molar-refractivity contribution in [1.82, 2.24) is 19.9 Å². The average molecular weight is 349 g/mol. The third-order valence-corrected chi connectivity index (χ3v) is 4.27. The van der Waals surface area contributed by atoms with E-state index in [4.69, 9.17) is 10.5 Å². The molecule has 0 saturated carbocycles. The molecule has 0 fully saturated rings. The second kappa shape index (κ2) is 5.91. The second-order valence-electron chi connectivity index (χ2n) is 6.45. The number of nitrogens with two attached hydrogens (primary N) is 1. The van der Waals surface area contributed by atoms with Crippen molar-refractivity contribution in [2.75, 3.05) is 11.1 Å². The van der Waals surface area contributed by atoms with E-state index in [1.54, 1.807) is 13.1 Å². The van der Waals surface area contributed by atoms with E-state index >= 15 is 0 Å². The highest BCUT2D eigenvalue weighted by atomic mass is 16.5. The fraction of sp³-hybridized carbons (Fsp3) is 0.278. The summed E-state index contributed by atoms with van der Waals surface area (Å²) in [5.41, 5.74) is 7.93. The van der Waals surface area contributed by atoms with E-state index in [1.807, 2.05) is 32.1 Å². The Labute approximate surface area is 151 Å². The van der Waals surface area contributed by atoms with Crippen molar-refractivity contribution >= 4 is 17.7 Å². The maximum atomic E-state index is 5.82. The van der Waals surface area contributed by atoms with E-state index in [1.165, 1.54) is 0 Å². The molecule has 26 heavy (non-hydrogen) atoms. The molecule has 3 heterocycles. The number of nitrogens with zero attached hydrogens (tertiary/aromatic N) is 5. The fourth-order valence-electron chi connectivity index (χ4n) is 3.06. The molecular formula is C18H19N7O. The lowest BCUT2D eigenvalue weighted by molar-refractivity contribution is 0.132. The maximum Gasteiger partial charge on any atom is 0.223 e. The number of nitrogen functional groups attached to an aromatic ring is 1. The lowest BCUT2D eigenvalue weighted by Crippen LogP contribution is -2.29. The standard InChI is InChI=1S/C18H19N7O/c1-10-21-16(25-17(19)22-10)13-5-4-8-20-15(13)24-12-6-7-18(3)14(9-12)23-11(2)26-18/h4-6,8-9H,7H2,1-3H3,(H,20,24)(H2,19,21,22,25). The zero-order chi connectivity index (χ0) is 18.3. The first kappa shape index (κ1) is 16.2. The highest BCUT2D eigenvalue weighted by molar-refractivity contribution is 5.79. The van der Waals surface area contributed by atoms with Gasteiger partial charge in [0, 0.05) is 25.2 Å². The summed E-state index contributed by atoms with van der Waals surface area (Å²) in [6, 6.07) is 3.73. The van der Waals surface area contributed by atoms with Crippen LogP contribution in [0.25, 0.3) is 11.4 Å². The van der Waals surface area contributed by atoms with E-state index < -0.39 is 0 Å². The van der Waals surface area contributed by atoms with E-state index in [0.717, 1.165) is 23.4 Å². The van der Waals surface area contributed by atoms with Crippen molar-refractivity contribution in [3.63, 3.8) is 0 Å². The Morgan fingerprint density at radius 2 is 2.08 bits per heavy atom. The Bertz CT molecular complexity index is 959. The zero-order valence-corrected chi connectivity index (χ0v) is 14.8. The van der Waals surface area contributed by atoms with Crippen LogP contribution in [0.3, 0.4) is 0 Å². The molecule has 0 bridgehead atoms. The molecular weight excluding hydrogens is 330 g/mol. The van der Waals surface area contributed by atoms with Gasteiger partial charge in [0.1, 0.15) is 11.6 Å². The predicted molar refractivity (Wildman–Crippen MR) is 99.2 cm³/mol. The van der Waals surface area contributed by atoms with Crippen molar-refractivity contribution in [2.24, 2.45) is 4.99 Å². The van der Waals surface area contributed by atoms with Crippen LogP contribution in [0.15, 0.2) is 46.9 Å². The number of nitrogens with one attached hydrogen (secondary N) is 1. The maximum absolute atomic E-state index is 5.82. The van der Waals surface area contributed by atoms with Crippen LogP contribution in [0.4, 0.5) is 11.8 Å². The van der Waals surface area contributed by atoms with Crippen molar-refractivity contribution in [2.45, 2.75) is 32.8 Å². The topological polar surface area (TPSA) is 111 Å². The minimum atomic E-state index is -0.387. The normalized spacial score (nSPS) is 21.3. The molecule has 1 aliphatic heterocycles. The minimum absolute atomic E-state index is 0.185. The van der Waals surface area contributed by atoms with Crippen molar-refractivity contribution < 1.29 is 4.74 Å². The summed E-state index contributed by atoms with van der Waals surface area (Å²) in [5, 5.41) is 3.34. The molecule has 0 aromatic carbocycles. The molecule has 2 aliphatic rings. The van der Waals surface area contributed by atoms with Gasteiger partial charge in [0.15, 0.2) is 17.3 Å². The number of aliphatic imine (C=N–C) groups is 1. The zero-order valence-electron chi connectivity index (χ0n) is 14.8. The molecule has 2 aromatic heterocycles. The number of hydrogen-bond acceptors (Lipinski definition) is 8. The van der Waals surface area contributed by atoms with Gasteiger partial charge in [-0.2, -0.15) is 9.97 Å². The largest absolute Gasteiger partial charge is 0.468 e. The third-order valence-electron chi connectivity index (χ3n) is 4.27. The summed E-state index contributed by atoms with van der Waals surface area (Å²) < 4.78 is 5.82. The van der Waals surface area contributed by atoms with Crippen LogP contribution >= 0.6 is 0 Å². The first-order valence-electron chi connectivity index (χ1n) is 8.30. The molecule has 1 unspecified atom stereocenters. The number of ether oxygens (including phenoxy) is 1. The van der Waals surface area contributed by atoms with Crippen molar-refractivity contribution in [3.8, 4) is 11.4 Å². The van der Waals surface area contributed by atoms with E-state index in [-0.39, 0.29) is 11.5 Å². The summed E-state index contributed by atoms with van der Waals surface area (Å²) in [4.78, 5) is 21.5. The quantitative estimate of drug-likeness (QED) is 0.876. The van der Waals surface area contributed by atoms with Crippen LogP contribution in [0.5, 0.6) is 0 Å². The number of pyridine rings is 1. The van der Waals surface area contributed by atoms with Crippen LogP contribution in [0, 0.1) is 6.92 Å². The van der Waals surface area contributed by atoms with Gasteiger partial charge in [0.25, 0.3) is 0 Å². The highest BCUT2D eigenvalue weighted by Gasteiger charge is 2.38. The molecule has 0 radical (unpaired) electrons. The van der Waals surface area contributed by atoms with Gasteiger partial charge in [-0.15, -0.1) is 0 Å². The lowest BCUT2D eigenvalue weighted by Gasteiger charge is -2.27. The van der Waals surface area contributed by atoms with E-state index in [2.05, 4.69) is 36.3 Å². The molecule has 8 nitrogen and oxygen atoms in total. The van der Waals surface area contributed by atoms with E-state index in [9.17, 15) is 0 Å². The number of hydrogen-bond donors (Lipinski definition) is 2. The average Bonchev–Trinajstić information content (AvgIpc) is 2.88. The molecule has 0 spiro atoms. The lowest BCUT2D eigenvalue weighted by atomic mass is 9.93. The Balaban J connectivity index is 1.67. The third kappa shape index (κ3) is 2.90. The molecule has 132 valence electrons. The molecule has 1 aliphatic carbocycles. The number of rotatable bonds is 3. The van der Waals surface area contributed by atoms with Gasteiger partial charge in [-0.05, 0) is 32.1 Å². The molecule has 0 saturated heterocycles. The van der Waals surface area contributed by atoms with Gasteiger partial charge in [-0.25, -0.2) is 15.0 Å². The van der Waals surface area contributed by atoms with Crippen molar-refractivity contribution in [3.05, 3.63) is 47.7 Å². The van der Waals surface area contributed by atoms with Gasteiger partial charge >= 0.3 is 0 Å². The molecule has 1 atom stereocenters. The van der Waals surface area contributed by atoms with Crippen LogP contribution in [0.2, 0.25) is 0 Å². The van der Waals surface area contributed by atoms with E-state index in [0.29, 0.717) is 23.4 Å². The molecule has 3 N–H and O–H groups in total. The van der Waals surface area contributed by atoms with Crippen LogP contribution < -0.4 is 11.1 Å². The molecule has 2 aromatic rings. The van der Waals surface area contributed by atoms with Gasteiger partial charge in [0.05, 0.1) is 11.3 Å². The molecule has 8 heteroatoms. The summed E-state index contributed by atoms with van der Waals surface area (Å²) >= 11 is 0. The number of anilines is 2. The molecule has 0 amide bonds. The first-order valence-corrected chi connectivity index (χ1v) is 8.30. The predicted octanol–water partition coefficient (Wildman–Crippen LogP) is 2.61. The summed E-state index contributed by atoms with van der Waals surface area (Å²) in [6.07, 6.45) is 6.49.